The summed E-state index contributed by atoms with van der Waals surface area (Å²) < 4.78 is 6.85. The predicted molar refractivity (Wildman–Crippen MR) is 98.1 cm³/mol. The molecule has 4 rings (SSSR count). The van der Waals surface area contributed by atoms with Crippen LogP contribution in [0.15, 0.2) is 29.2 Å². The van der Waals surface area contributed by atoms with E-state index < -0.39 is 11.9 Å². The van der Waals surface area contributed by atoms with Crippen LogP contribution in [0.4, 0.5) is 0 Å². The van der Waals surface area contributed by atoms with E-state index in [1.54, 1.807) is 12.3 Å². The highest BCUT2D eigenvalue weighted by Gasteiger charge is 2.39. The lowest BCUT2D eigenvalue weighted by molar-refractivity contribution is -0.149. The molecule has 2 aromatic heterocycles. The van der Waals surface area contributed by atoms with Gasteiger partial charge in [-0.2, -0.15) is 0 Å². The van der Waals surface area contributed by atoms with Gasteiger partial charge in [0.25, 0.3) is 5.56 Å². The molecule has 1 aliphatic carbocycles. The van der Waals surface area contributed by atoms with Gasteiger partial charge in [0.05, 0.1) is 11.6 Å². The minimum Gasteiger partial charge on any atom is -0.459 e. The van der Waals surface area contributed by atoms with Crippen molar-refractivity contribution in [2.45, 2.75) is 51.7 Å². The van der Waals surface area contributed by atoms with Crippen molar-refractivity contribution in [1.82, 2.24) is 14.3 Å². The molecule has 0 bridgehead atoms. The van der Waals surface area contributed by atoms with Crippen LogP contribution in [0.1, 0.15) is 43.4 Å². The Morgan fingerprint density at radius 1 is 1.30 bits per heavy atom. The Balaban J connectivity index is 1.42. The van der Waals surface area contributed by atoms with Gasteiger partial charge in [0, 0.05) is 31.3 Å². The Bertz CT molecular complexity index is 946. The van der Waals surface area contributed by atoms with E-state index in [2.05, 4.69) is 4.98 Å². The van der Waals surface area contributed by atoms with E-state index in [9.17, 15) is 14.4 Å². The molecule has 2 aliphatic rings. The van der Waals surface area contributed by atoms with Gasteiger partial charge in [-0.1, -0.05) is 18.9 Å². The molecule has 7 nitrogen and oxygen atoms in total. The smallest absolute Gasteiger partial charge is 0.311 e. The molecule has 1 saturated heterocycles. The van der Waals surface area contributed by atoms with Crippen molar-refractivity contribution in [2.24, 2.45) is 5.92 Å². The summed E-state index contributed by atoms with van der Waals surface area (Å²) in [6.07, 6.45) is 6.21. The summed E-state index contributed by atoms with van der Waals surface area (Å²) in [4.78, 5) is 43.2. The lowest BCUT2D eigenvalue weighted by Crippen LogP contribution is -2.35. The first-order valence-corrected chi connectivity index (χ1v) is 9.47. The number of hydrogen-bond donors (Lipinski definition) is 0. The molecule has 1 amide bonds. The van der Waals surface area contributed by atoms with Gasteiger partial charge < -0.3 is 9.64 Å². The van der Waals surface area contributed by atoms with Crippen LogP contribution in [0.2, 0.25) is 0 Å². The number of amides is 1. The number of likely N-dealkylation sites (tertiary alicyclic amines) is 1. The first kappa shape index (κ1) is 17.7. The number of aryl methyl sites for hydroxylation is 1. The molecule has 2 fully saturated rings. The van der Waals surface area contributed by atoms with Crippen molar-refractivity contribution < 1.29 is 14.3 Å². The van der Waals surface area contributed by atoms with Gasteiger partial charge in [-0.3, -0.25) is 18.8 Å². The minimum absolute atomic E-state index is 0.0431. The third-order valence-corrected chi connectivity index (χ3v) is 5.56. The molecule has 0 aromatic carbocycles. The van der Waals surface area contributed by atoms with Crippen molar-refractivity contribution in [3.8, 4) is 0 Å². The first-order valence-electron chi connectivity index (χ1n) is 9.47. The van der Waals surface area contributed by atoms with Crippen LogP contribution in [-0.2, 0) is 20.9 Å². The molecule has 7 heteroatoms. The van der Waals surface area contributed by atoms with Crippen LogP contribution in [0.3, 0.4) is 0 Å². The maximum absolute atomic E-state index is 12.4. The van der Waals surface area contributed by atoms with E-state index in [1.165, 1.54) is 10.5 Å². The average molecular weight is 369 g/mol. The van der Waals surface area contributed by atoms with Gasteiger partial charge in [0.2, 0.25) is 5.91 Å². The maximum Gasteiger partial charge on any atom is 0.311 e. The van der Waals surface area contributed by atoms with Gasteiger partial charge >= 0.3 is 5.97 Å². The Morgan fingerprint density at radius 3 is 2.85 bits per heavy atom. The largest absolute Gasteiger partial charge is 0.459 e. The van der Waals surface area contributed by atoms with Crippen LogP contribution in [0, 0.1) is 12.8 Å². The first-order chi connectivity index (χ1) is 13.0. The molecule has 0 N–H and O–H groups in total. The second kappa shape index (κ2) is 7.13. The topological polar surface area (TPSA) is 81.0 Å². The minimum atomic E-state index is -0.429. The summed E-state index contributed by atoms with van der Waals surface area (Å²) in [7, 11) is 0. The second-order valence-electron chi connectivity index (χ2n) is 7.46. The van der Waals surface area contributed by atoms with Crippen molar-refractivity contribution in [3.05, 3.63) is 46.0 Å². The SMILES string of the molecule is Cc1cccn2c(=O)cc(COC(=O)[C@H]3CC(=O)N(C4CCCC4)C3)nc12. The zero-order valence-electron chi connectivity index (χ0n) is 15.4. The number of carbonyl (C=O) groups is 2. The molecule has 1 aliphatic heterocycles. The Hall–Kier alpha value is -2.70. The Labute approximate surface area is 157 Å². The van der Waals surface area contributed by atoms with Crippen LogP contribution >= 0.6 is 0 Å². The Morgan fingerprint density at radius 2 is 2.07 bits per heavy atom. The van der Waals surface area contributed by atoms with E-state index in [4.69, 9.17) is 4.74 Å². The molecule has 142 valence electrons. The van der Waals surface area contributed by atoms with Crippen molar-refractivity contribution in [1.29, 1.82) is 0 Å². The van der Waals surface area contributed by atoms with Crippen molar-refractivity contribution in [2.75, 3.05) is 6.54 Å². The normalized spacial score (nSPS) is 20.6. The fourth-order valence-electron chi connectivity index (χ4n) is 4.10. The second-order valence-corrected chi connectivity index (χ2v) is 7.46. The standard InChI is InChI=1S/C20H23N3O4/c1-13-5-4-8-22-18(25)10-15(21-19(13)22)12-27-20(26)14-9-17(24)23(11-14)16-6-2-3-7-16/h4-5,8,10,14,16H,2-3,6-7,9,11-12H2,1H3/t14-/m0/s1. The highest BCUT2D eigenvalue weighted by atomic mass is 16.5. The van der Waals surface area contributed by atoms with E-state index in [0.717, 1.165) is 31.2 Å². The summed E-state index contributed by atoms with van der Waals surface area (Å²) >= 11 is 0. The fourth-order valence-corrected chi connectivity index (χ4v) is 4.10. The van der Waals surface area contributed by atoms with Crippen molar-refractivity contribution in [3.63, 3.8) is 0 Å². The summed E-state index contributed by atoms with van der Waals surface area (Å²) in [5.74, 6) is -0.779. The molecule has 1 saturated carbocycles. The van der Waals surface area contributed by atoms with Crippen LogP contribution in [0.25, 0.3) is 5.65 Å². The highest BCUT2D eigenvalue weighted by molar-refractivity contribution is 5.87. The van der Waals surface area contributed by atoms with Gasteiger partial charge in [0.15, 0.2) is 0 Å². The van der Waals surface area contributed by atoms with Crippen molar-refractivity contribution >= 4 is 17.5 Å². The number of rotatable bonds is 4. The van der Waals surface area contributed by atoms with E-state index in [0.29, 0.717) is 17.9 Å². The number of esters is 1. The predicted octanol–water partition coefficient (Wildman–Crippen LogP) is 1.84. The lowest BCUT2D eigenvalue weighted by Gasteiger charge is -2.23. The number of pyridine rings is 1. The van der Waals surface area contributed by atoms with Gasteiger partial charge in [0.1, 0.15) is 12.3 Å². The molecule has 27 heavy (non-hydrogen) atoms. The van der Waals surface area contributed by atoms with Crippen LogP contribution in [-0.4, -0.2) is 38.7 Å². The average Bonchev–Trinajstić information content (AvgIpc) is 3.30. The summed E-state index contributed by atoms with van der Waals surface area (Å²) in [6.45, 7) is 2.25. The number of nitrogens with zero attached hydrogens (tertiary/aromatic N) is 3. The molecule has 0 unspecified atom stereocenters. The molecule has 0 spiro atoms. The zero-order chi connectivity index (χ0) is 19.0. The van der Waals surface area contributed by atoms with Gasteiger partial charge in [-0.05, 0) is 31.4 Å². The molecule has 0 radical (unpaired) electrons. The number of aromatic nitrogens is 2. The van der Waals surface area contributed by atoms with Gasteiger partial charge in [-0.15, -0.1) is 0 Å². The number of ether oxygens (including phenoxy) is 1. The molecule has 2 aromatic rings. The summed E-state index contributed by atoms with van der Waals surface area (Å²) in [5, 5.41) is 0. The maximum atomic E-state index is 12.4. The lowest BCUT2D eigenvalue weighted by atomic mass is 10.1. The molecular formula is C20H23N3O4. The van der Waals surface area contributed by atoms with E-state index in [-0.39, 0.29) is 30.5 Å². The quantitative estimate of drug-likeness (QED) is 0.768. The van der Waals surface area contributed by atoms with Crippen LogP contribution in [0.5, 0.6) is 0 Å². The Kier molecular flexibility index (Phi) is 4.68. The molecule has 3 heterocycles. The number of fused-ring (bicyclic) bond motifs is 1. The third-order valence-electron chi connectivity index (χ3n) is 5.56. The highest BCUT2D eigenvalue weighted by Crippen LogP contribution is 2.30. The van der Waals surface area contributed by atoms with Crippen LogP contribution < -0.4 is 5.56 Å². The fraction of sp³-hybridized carbons (Fsp3) is 0.500. The monoisotopic (exact) mass is 369 g/mol. The summed E-state index contributed by atoms with van der Waals surface area (Å²) in [6, 6.07) is 5.32. The number of carbonyl (C=O) groups excluding carboxylic acids is 2. The van der Waals surface area contributed by atoms with Gasteiger partial charge in [-0.25, -0.2) is 4.98 Å². The molecular weight excluding hydrogens is 346 g/mol. The summed E-state index contributed by atoms with van der Waals surface area (Å²) in [5.41, 5.74) is 1.63. The zero-order valence-corrected chi connectivity index (χ0v) is 15.4. The van der Waals surface area contributed by atoms with E-state index in [1.807, 2.05) is 17.9 Å². The molecule has 1 atom stereocenters. The van der Waals surface area contributed by atoms with E-state index >= 15 is 0 Å². The third kappa shape index (κ3) is 3.46. The number of hydrogen-bond acceptors (Lipinski definition) is 5.